The first-order valence-corrected chi connectivity index (χ1v) is 10.6. The monoisotopic (exact) mass is 496 g/mol. The number of carbonyl (C=O) groups is 2. The predicted molar refractivity (Wildman–Crippen MR) is 130 cm³/mol. The Morgan fingerprint density at radius 3 is 2.39 bits per heavy atom. The van der Waals surface area contributed by atoms with E-state index in [1.165, 1.54) is 27.5 Å². The van der Waals surface area contributed by atoms with Gasteiger partial charge < -0.3 is 20.1 Å². The van der Waals surface area contributed by atoms with Crippen LogP contribution >= 0.6 is 0 Å². The molecule has 0 bridgehead atoms. The summed E-state index contributed by atoms with van der Waals surface area (Å²) in [6.07, 6.45) is 2.58. The first kappa shape index (κ1) is 24.4. The van der Waals surface area contributed by atoms with Crippen molar-refractivity contribution in [3.8, 4) is 11.5 Å². The highest BCUT2D eigenvalue weighted by molar-refractivity contribution is 6.05. The van der Waals surface area contributed by atoms with Crippen LogP contribution in [0.3, 0.4) is 0 Å². The molecule has 4 rings (SSSR count). The molecular weight excluding hydrogens is 474 g/mol. The lowest BCUT2D eigenvalue weighted by atomic mass is 10.1. The van der Waals surface area contributed by atoms with Crippen molar-refractivity contribution in [3.05, 3.63) is 66.4 Å². The van der Waals surface area contributed by atoms with E-state index in [4.69, 9.17) is 9.47 Å². The minimum Gasteiger partial charge on any atom is -0.493 e. The van der Waals surface area contributed by atoms with Gasteiger partial charge in [0.15, 0.2) is 23.1 Å². The summed E-state index contributed by atoms with van der Waals surface area (Å²) in [6, 6.07) is 7.23. The summed E-state index contributed by atoms with van der Waals surface area (Å²) in [4.78, 5) is 35.7. The van der Waals surface area contributed by atoms with Gasteiger partial charge in [0, 0.05) is 24.9 Å². The second-order valence-corrected chi connectivity index (χ2v) is 7.59. The topological polar surface area (TPSA) is 109 Å². The number of anilines is 5. The van der Waals surface area contributed by atoms with Crippen LogP contribution in [-0.2, 0) is 11.3 Å². The smallest absolute Gasteiger partial charge is 0.330 e. The van der Waals surface area contributed by atoms with E-state index in [0.29, 0.717) is 16.9 Å². The third kappa shape index (κ3) is 4.35. The molecule has 2 N–H and O–H groups in total. The number of hydrogen-bond acceptors (Lipinski definition) is 7. The predicted octanol–water partition coefficient (Wildman–Crippen LogP) is 4.22. The SMILES string of the molecule is C=CC(=O)Nc1ccccc1Nc1ncc2c(n1)N(C)C(=O)N(c1c(F)c(OC)cc(OC)c1F)C2. The second kappa shape index (κ2) is 9.86. The summed E-state index contributed by atoms with van der Waals surface area (Å²) in [7, 11) is 3.88. The standard InChI is InChI=1S/C24H22F2N6O4/c1-5-18(33)28-14-8-6-7-9-15(14)29-23-27-11-13-12-32(24(34)31(2)22(13)30-23)21-19(25)16(35-3)10-17(36-4)20(21)26/h5-11H,1,12H2,2-4H3,(H,28,33)(H,27,29,30). The maximum Gasteiger partial charge on any atom is 0.330 e. The quantitative estimate of drug-likeness (QED) is 0.472. The number of amides is 3. The summed E-state index contributed by atoms with van der Waals surface area (Å²) in [5, 5.41) is 5.68. The Kier molecular flexibility index (Phi) is 6.68. The first-order valence-electron chi connectivity index (χ1n) is 10.6. The van der Waals surface area contributed by atoms with Crippen LogP contribution < -0.4 is 29.9 Å². The fourth-order valence-electron chi connectivity index (χ4n) is 3.66. The highest BCUT2D eigenvalue weighted by Crippen LogP contribution is 2.40. The number of urea groups is 1. The molecule has 2 heterocycles. The molecule has 0 spiro atoms. The summed E-state index contributed by atoms with van der Waals surface area (Å²) in [5.74, 6) is -2.64. The summed E-state index contributed by atoms with van der Waals surface area (Å²) >= 11 is 0. The van der Waals surface area contributed by atoms with Crippen molar-refractivity contribution < 1.29 is 27.8 Å². The Morgan fingerprint density at radius 2 is 1.78 bits per heavy atom. The molecule has 1 aliphatic rings. The van der Waals surface area contributed by atoms with E-state index in [1.54, 1.807) is 24.3 Å². The molecule has 0 fully saturated rings. The maximum atomic E-state index is 15.1. The van der Waals surface area contributed by atoms with E-state index in [2.05, 4.69) is 27.2 Å². The van der Waals surface area contributed by atoms with Crippen molar-refractivity contribution in [1.82, 2.24) is 9.97 Å². The number of aromatic nitrogens is 2. The highest BCUT2D eigenvalue weighted by atomic mass is 19.1. The number of ether oxygens (including phenoxy) is 2. The van der Waals surface area contributed by atoms with Crippen molar-refractivity contribution in [2.45, 2.75) is 6.54 Å². The second-order valence-electron chi connectivity index (χ2n) is 7.59. The van der Waals surface area contributed by atoms with E-state index in [0.717, 1.165) is 21.9 Å². The van der Waals surface area contributed by atoms with Gasteiger partial charge in [0.25, 0.3) is 0 Å². The molecule has 1 aromatic heterocycles. The van der Waals surface area contributed by atoms with Gasteiger partial charge in [0.2, 0.25) is 11.9 Å². The third-order valence-corrected chi connectivity index (χ3v) is 5.44. The van der Waals surface area contributed by atoms with E-state index in [9.17, 15) is 9.59 Å². The van der Waals surface area contributed by atoms with Crippen molar-refractivity contribution in [2.24, 2.45) is 0 Å². The maximum absolute atomic E-state index is 15.1. The Labute approximate surface area is 205 Å². The van der Waals surface area contributed by atoms with Gasteiger partial charge in [0.1, 0.15) is 11.5 Å². The molecular formula is C24H22F2N6O4. The Hall–Kier alpha value is -4.74. The van der Waals surface area contributed by atoms with Gasteiger partial charge in [-0.15, -0.1) is 0 Å². The number of halogens is 2. The number of hydrogen-bond donors (Lipinski definition) is 2. The Balaban J connectivity index is 1.68. The number of carbonyl (C=O) groups excluding carboxylic acids is 2. The molecule has 2 aromatic carbocycles. The summed E-state index contributed by atoms with van der Waals surface area (Å²) < 4.78 is 40.1. The van der Waals surface area contributed by atoms with Gasteiger partial charge in [-0.2, -0.15) is 4.98 Å². The molecule has 186 valence electrons. The zero-order chi connectivity index (χ0) is 26.0. The van der Waals surface area contributed by atoms with E-state index in [-0.39, 0.29) is 29.8 Å². The lowest BCUT2D eigenvalue weighted by Gasteiger charge is -2.34. The van der Waals surface area contributed by atoms with Gasteiger partial charge in [-0.25, -0.2) is 18.6 Å². The molecule has 10 nitrogen and oxygen atoms in total. The molecule has 3 aromatic rings. The van der Waals surface area contributed by atoms with Gasteiger partial charge in [-0.3, -0.25) is 14.6 Å². The molecule has 0 saturated carbocycles. The molecule has 0 atom stereocenters. The van der Waals surface area contributed by atoms with Crippen LogP contribution in [0.1, 0.15) is 5.56 Å². The van der Waals surface area contributed by atoms with Crippen LogP contribution in [0.15, 0.2) is 49.2 Å². The average Bonchev–Trinajstić information content (AvgIpc) is 2.88. The van der Waals surface area contributed by atoms with Crippen LogP contribution in [0.25, 0.3) is 0 Å². The zero-order valence-corrected chi connectivity index (χ0v) is 19.6. The van der Waals surface area contributed by atoms with E-state index < -0.39 is 29.3 Å². The van der Waals surface area contributed by atoms with E-state index >= 15 is 8.78 Å². The number of fused-ring (bicyclic) bond motifs is 1. The minimum absolute atomic E-state index is 0.141. The van der Waals surface area contributed by atoms with Crippen LogP contribution in [0.5, 0.6) is 11.5 Å². The molecule has 0 saturated heterocycles. The molecule has 0 aliphatic carbocycles. The van der Waals surface area contributed by atoms with Crippen LogP contribution in [0, 0.1) is 11.6 Å². The normalized spacial score (nSPS) is 12.6. The van der Waals surface area contributed by atoms with Crippen LogP contribution in [-0.4, -0.2) is 43.2 Å². The number of benzene rings is 2. The van der Waals surface area contributed by atoms with Crippen molar-refractivity contribution in [3.63, 3.8) is 0 Å². The number of para-hydroxylation sites is 2. The van der Waals surface area contributed by atoms with Gasteiger partial charge >= 0.3 is 6.03 Å². The first-order chi connectivity index (χ1) is 17.3. The number of nitrogens with zero attached hydrogens (tertiary/aromatic N) is 4. The minimum atomic E-state index is -1.04. The Morgan fingerprint density at radius 1 is 1.14 bits per heavy atom. The lowest BCUT2D eigenvalue weighted by molar-refractivity contribution is -0.111. The fraction of sp³-hybridized carbons (Fsp3) is 0.167. The molecule has 3 amide bonds. The fourth-order valence-corrected chi connectivity index (χ4v) is 3.66. The Bertz CT molecular complexity index is 1340. The largest absolute Gasteiger partial charge is 0.493 e. The molecule has 0 radical (unpaired) electrons. The zero-order valence-electron chi connectivity index (χ0n) is 19.6. The summed E-state index contributed by atoms with van der Waals surface area (Å²) in [5.41, 5.74) is 0.809. The molecule has 0 unspecified atom stereocenters. The van der Waals surface area contributed by atoms with Gasteiger partial charge in [0.05, 0.1) is 32.1 Å². The highest BCUT2D eigenvalue weighted by Gasteiger charge is 2.36. The van der Waals surface area contributed by atoms with Crippen molar-refractivity contribution >= 4 is 40.8 Å². The number of rotatable bonds is 7. The van der Waals surface area contributed by atoms with Crippen LogP contribution in [0.4, 0.5) is 42.4 Å². The van der Waals surface area contributed by atoms with Gasteiger partial charge in [-0.1, -0.05) is 18.7 Å². The molecule has 12 heteroatoms. The lowest BCUT2D eigenvalue weighted by Crippen LogP contribution is -2.46. The summed E-state index contributed by atoms with van der Waals surface area (Å²) in [6.45, 7) is 3.23. The van der Waals surface area contributed by atoms with E-state index in [1.807, 2.05) is 0 Å². The van der Waals surface area contributed by atoms with Crippen molar-refractivity contribution in [2.75, 3.05) is 41.7 Å². The average molecular weight is 496 g/mol. The number of methoxy groups -OCH3 is 2. The third-order valence-electron chi connectivity index (χ3n) is 5.44. The van der Waals surface area contributed by atoms with Gasteiger partial charge in [-0.05, 0) is 18.2 Å². The molecule has 1 aliphatic heterocycles. The number of nitrogens with one attached hydrogen (secondary N) is 2. The molecule has 36 heavy (non-hydrogen) atoms. The van der Waals surface area contributed by atoms with Crippen LogP contribution in [0.2, 0.25) is 0 Å². The van der Waals surface area contributed by atoms with Crippen molar-refractivity contribution in [1.29, 1.82) is 0 Å².